The molecule has 0 saturated carbocycles. The van der Waals surface area contributed by atoms with Crippen LogP contribution in [0.3, 0.4) is 0 Å². The fourth-order valence-electron chi connectivity index (χ4n) is 1.90. The summed E-state index contributed by atoms with van der Waals surface area (Å²) < 4.78 is 10.6. The highest BCUT2D eigenvalue weighted by Crippen LogP contribution is 2.27. The zero-order valence-corrected chi connectivity index (χ0v) is 12.5. The van der Waals surface area contributed by atoms with Crippen LogP contribution in [0.1, 0.15) is 21.5 Å². The van der Waals surface area contributed by atoms with Crippen molar-refractivity contribution in [1.82, 2.24) is 0 Å². The molecule has 0 heterocycles. The lowest BCUT2D eigenvalue weighted by Gasteiger charge is -2.10. The van der Waals surface area contributed by atoms with E-state index in [1.807, 2.05) is 19.1 Å². The van der Waals surface area contributed by atoms with Crippen LogP contribution >= 0.6 is 11.6 Å². The normalized spacial score (nSPS) is 10.2. The number of hydrogen-bond donors (Lipinski definition) is 1. The number of benzene rings is 2. The molecule has 5 heteroatoms. The lowest BCUT2D eigenvalue weighted by molar-refractivity contribution is 0.0693. The van der Waals surface area contributed by atoms with Crippen molar-refractivity contribution in [2.45, 2.75) is 13.5 Å². The first-order chi connectivity index (χ1) is 10.0. The van der Waals surface area contributed by atoms with E-state index in [1.54, 1.807) is 18.2 Å². The molecule has 0 radical (unpaired) electrons. The van der Waals surface area contributed by atoms with Crippen LogP contribution < -0.4 is 9.47 Å². The predicted molar refractivity (Wildman–Crippen MR) is 80.5 cm³/mol. The molecule has 2 rings (SSSR count). The SMILES string of the molecule is COc1ccc(COc2ccc(C)cc2Cl)cc1C(=O)O. The number of methoxy groups -OCH3 is 1. The molecule has 0 unspecified atom stereocenters. The van der Waals surface area contributed by atoms with Crippen LogP contribution in [0.15, 0.2) is 36.4 Å². The molecule has 1 N–H and O–H groups in total. The van der Waals surface area contributed by atoms with Gasteiger partial charge in [-0.2, -0.15) is 0 Å². The maximum atomic E-state index is 11.2. The zero-order valence-electron chi connectivity index (χ0n) is 11.7. The van der Waals surface area contributed by atoms with Gasteiger partial charge in [0.1, 0.15) is 23.7 Å². The van der Waals surface area contributed by atoms with Crippen molar-refractivity contribution in [3.63, 3.8) is 0 Å². The van der Waals surface area contributed by atoms with Crippen molar-refractivity contribution in [2.75, 3.05) is 7.11 Å². The van der Waals surface area contributed by atoms with Gasteiger partial charge in [-0.1, -0.05) is 23.7 Å². The highest BCUT2D eigenvalue weighted by atomic mass is 35.5. The first kappa shape index (κ1) is 15.2. The highest BCUT2D eigenvalue weighted by Gasteiger charge is 2.12. The van der Waals surface area contributed by atoms with Crippen LogP contribution in [0.25, 0.3) is 0 Å². The van der Waals surface area contributed by atoms with Gasteiger partial charge in [-0.05, 0) is 42.3 Å². The fourth-order valence-corrected chi connectivity index (χ4v) is 2.19. The second-order valence-corrected chi connectivity index (χ2v) is 4.97. The van der Waals surface area contributed by atoms with E-state index >= 15 is 0 Å². The number of ether oxygens (including phenoxy) is 2. The lowest BCUT2D eigenvalue weighted by atomic mass is 10.1. The molecule has 0 saturated heterocycles. The topological polar surface area (TPSA) is 55.8 Å². The van der Waals surface area contributed by atoms with Crippen molar-refractivity contribution in [3.8, 4) is 11.5 Å². The summed E-state index contributed by atoms with van der Waals surface area (Å²) in [5, 5.41) is 9.67. The summed E-state index contributed by atoms with van der Waals surface area (Å²) in [6.45, 7) is 2.17. The third-order valence-corrected chi connectivity index (χ3v) is 3.27. The van der Waals surface area contributed by atoms with Gasteiger partial charge in [0.15, 0.2) is 0 Å². The molecule has 0 atom stereocenters. The van der Waals surface area contributed by atoms with Gasteiger partial charge >= 0.3 is 5.97 Å². The molecule has 0 aromatic heterocycles. The second-order valence-electron chi connectivity index (χ2n) is 4.56. The Morgan fingerprint density at radius 2 is 1.90 bits per heavy atom. The Kier molecular flexibility index (Phi) is 4.70. The van der Waals surface area contributed by atoms with Gasteiger partial charge in [0.2, 0.25) is 0 Å². The number of carboxylic acid groups (broad SMARTS) is 1. The molecule has 21 heavy (non-hydrogen) atoms. The molecule has 0 aliphatic rings. The Hall–Kier alpha value is -2.20. The van der Waals surface area contributed by atoms with E-state index in [9.17, 15) is 4.79 Å². The van der Waals surface area contributed by atoms with Crippen molar-refractivity contribution in [2.24, 2.45) is 0 Å². The number of carbonyl (C=O) groups is 1. The Morgan fingerprint density at radius 3 is 2.52 bits per heavy atom. The molecule has 2 aromatic rings. The standard InChI is InChI=1S/C16H15ClO4/c1-10-3-5-15(13(17)7-10)21-9-11-4-6-14(20-2)12(8-11)16(18)19/h3-8H,9H2,1-2H3,(H,18,19). The minimum atomic E-state index is -1.04. The number of aromatic carboxylic acids is 1. The quantitative estimate of drug-likeness (QED) is 0.909. The lowest BCUT2D eigenvalue weighted by Crippen LogP contribution is -2.03. The smallest absolute Gasteiger partial charge is 0.339 e. The fraction of sp³-hybridized carbons (Fsp3) is 0.188. The first-order valence-corrected chi connectivity index (χ1v) is 6.68. The zero-order chi connectivity index (χ0) is 15.4. The number of hydrogen-bond acceptors (Lipinski definition) is 3. The molecule has 0 bridgehead atoms. The molecular weight excluding hydrogens is 292 g/mol. The largest absolute Gasteiger partial charge is 0.496 e. The average molecular weight is 307 g/mol. The van der Waals surface area contributed by atoms with E-state index in [0.29, 0.717) is 16.5 Å². The van der Waals surface area contributed by atoms with Crippen molar-refractivity contribution < 1.29 is 19.4 Å². The van der Waals surface area contributed by atoms with E-state index in [1.165, 1.54) is 13.2 Å². The van der Waals surface area contributed by atoms with E-state index in [2.05, 4.69) is 0 Å². The highest BCUT2D eigenvalue weighted by molar-refractivity contribution is 6.32. The van der Waals surface area contributed by atoms with E-state index in [-0.39, 0.29) is 12.2 Å². The van der Waals surface area contributed by atoms with Crippen LogP contribution in [0.4, 0.5) is 0 Å². The van der Waals surface area contributed by atoms with Gasteiger partial charge in [0.05, 0.1) is 12.1 Å². The number of halogens is 1. The number of aryl methyl sites for hydroxylation is 1. The van der Waals surface area contributed by atoms with Gasteiger partial charge in [-0.25, -0.2) is 4.79 Å². The van der Waals surface area contributed by atoms with Crippen LogP contribution in [0, 0.1) is 6.92 Å². The minimum absolute atomic E-state index is 0.105. The van der Waals surface area contributed by atoms with Gasteiger partial charge in [0, 0.05) is 0 Å². The predicted octanol–water partition coefficient (Wildman–Crippen LogP) is 3.93. The monoisotopic (exact) mass is 306 g/mol. The van der Waals surface area contributed by atoms with E-state index in [0.717, 1.165) is 11.1 Å². The number of rotatable bonds is 5. The van der Waals surface area contributed by atoms with Crippen molar-refractivity contribution in [1.29, 1.82) is 0 Å². The Morgan fingerprint density at radius 1 is 1.19 bits per heavy atom. The summed E-state index contributed by atoms with van der Waals surface area (Å²) >= 11 is 6.09. The molecule has 0 spiro atoms. The van der Waals surface area contributed by atoms with Gasteiger partial charge in [0.25, 0.3) is 0 Å². The van der Waals surface area contributed by atoms with E-state index in [4.69, 9.17) is 26.2 Å². The molecule has 4 nitrogen and oxygen atoms in total. The van der Waals surface area contributed by atoms with Crippen LogP contribution in [0.2, 0.25) is 5.02 Å². The van der Waals surface area contributed by atoms with Gasteiger partial charge < -0.3 is 14.6 Å². The molecule has 0 aliphatic heterocycles. The summed E-state index contributed by atoms with van der Waals surface area (Å²) in [5.74, 6) is -0.156. The van der Waals surface area contributed by atoms with E-state index < -0.39 is 5.97 Å². The molecule has 0 amide bonds. The van der Waals surface area contributed by atoms with Crippen molar-refractivity contribution in [3.05, 3.63) is 58.1 Å². The minimum Gasteiger partial charge on any atom is -0.496 e. The summed E-state index contributed by atoms with van der Waals surface area (Å²) in [7, 11) is 1.43. The third kappa shape index (κ3) is 3.67. The summed E-state index contributed by atoms with van der Waals surface area (Å²) in [5.41, 5.74) is 1.88. The summed E-state index contributed by atoms with van der Waals surface area (Å²) in [6.07, 6.45) is 0. The molecule has 0 fully saturated rings. The molecule has 2 aromatic carbocycles. The molecular formula is C16H15ClO4. The second kappa shape index (κ2) is 6.50. The van der Waals surface area contributed by atoms with Crippen LogP contribution in [0.5, 0.6) is 11.5 Å². The van der Waals surface area contributed by atoms with Crippen molar-refractivity contribution >= 4 is 17.6 Å². The van der Waals surface area contributed by atoms with Crippen LogP contribution in [-0.2, 0) is 6.61 Å². The molecule has 0 aliphatic carbocycles. The third-order valence-electron chi connectivity index (χ3n) is 2.98. The maximum absolute atomic E-state index is 11.2. The maximum Gasteiger partial charge on any atom is 0.339 e. The number of carboxylic acids is 1. The Balaban J connectivity index is 2.16. The molecule has 110 valence electrons. The Bertz CT molecular complexity index is 667. The first-order valence-electron chi connectivity index (χ1n) is 6.30. The summed E-state index contributed by atoms with van der Waals surface area (Å²) in [4.78, 5) is 11.2. The average Bonchev–Trinajstić information content (AvgIpc) is 2.46. The van der Waals surface area contributed by atoms with Gasteiger partial charge in [-0.3, -0.25) is 0 Å². The van der Waals surface area contributed by atoms with Gasteiger partial charge in [-0.15, -0.1) is 0 Å². The van der Waals surface area contributed by atoms with Crippen LogP contribution in [-0.4, -0.2) is 18.2 Å². The Labute approximate surface area is 127 Å². The summed E-state index contributed by atoms with van der Waals surface area (Å²) in [6, 6.07) is 10.4.